The van der Waals surface area contributed by atoms with Crippen LogP contribution in [0.4, 0.5) is 0 Å². The van der Waals surface area contributed by atoms with Crippen LogP contribution in [0.15, 0.2) is 10.6 Å². The first-order valence-electron chi connectivity index (χ1n) is 4.45. The van der Waals surface area contributed by atoms with Gasteiger partial charge in [-0.15, -0.1) is 11.8 Å². The van der Waals surface area contributed by atoms with E-state index in [1.807, 2.05) is 11.8 Å². The summed E-state index contributed by atoms with van der Waals surface area (Å²) >= 11 is -1.91. The van der Waals surface area contributed by atoms with Crippen LogP contribution in [0.5, 0.6) is 0 Å². The molecule has 1 rings (SSSR count). The highest BCUT2D eigenvalue weighted by Crippen LogP contribution is 2.33. The number of thioether (sulfide) groups is 1. The van der Waals surface area contributed by atoms with E-state index in [-0.39, 0.29) is 6.61 Å². The lowest BCUT2D eigenvalue weighted by molar-refractivity contribution is -1.63. The maximum Gasteiger partial charge on any atom is 0.503 e. The first kappa shape index (κ1) is 15.5. The zero-order chi connectivity index (χ0) is 11.8. The van der Waals surface area contributed by atoms with Gasteiger partial charge in [-0.3, -0.25) is 0 Å². The van der Waals surface area contributed by atoms with Crippen LogP contribution in [0, 0.1) is 0 Å². The summed E-state index contributed by atoms with van der Waals surface area (Å²) < 4.78 is 24.5. The molecule has 7 heteroatoms. The third-order valence-electron chi connectivity index (χ3n) is 1.99. The van der Waals surface area contributed by atoms with E-state index in [0.29, 0.717) is 0 Å². The monoisotopic (exact) mass is 349 g/mol. The number of hydrogen-bond donors (Lipinski definition) is 2. The third kappa shape index (κ3) is 6.59. The van der Waals surface area contributed by atoms with Gasteiger partial charge in [0.1, 0.15) is 0 Å². The standard InChI is InChI=1S/C8H15NOS.HIO3/c1-3-9-6-11-8(4-5-10)7(9)2;2-1(3)4/h10H,3-6H2,1-2H3;2H. The van der Waals surface area contributed by atoms with Gasteiger partial charge in [0.15, 0.2) is 0 Å². The average molecular weight is 349 g/mol. The minimum absolute atomic E-state index is 0.275. The SMILES string of the molecule is CCN1CSC(CCO)=C1C.[O-][I+2]([O-])O. The van der Waals surface area contributed by atoms with E-state index in [0.717, 1.165) is 18.8 Å². The predicted octanol–water partition coefficient (Wildman–Crippen LogP) is -4.30. The van der Waals surface area contributed by atoms with Gasteiger partial charge in [0.25, 0.3) is 0 Å². The molecule has 0 radical (unpaired) electrons. The Morgan fingerprint density at radius 2 is 2.07 bits per heavy atom. The first-order valence-corrected chi connectivity index (χ1v) is 8.17. The molecule has 0 spiro atoms. The van der Waals surface area contributed by atoms with Gasteiger partial charge in [0.05, 0.1) is 5.88 Å². The Kier molecular flexibility index (Phi) is 8.86. The fraction of sp³-hybridized carbons (Fsp3) is 0.750. The molecule has 0 saturated carbocycles. The van der Waals surface area contributed by atoms with E-state index in [2.05, 4.69) is 18.7 Å². The summed E-state index contributed by atoms with van der Waals surface area (Å²) in [6.07, 6.45) is 0.826. The summed E-state index contributed by atoms with van der Waals surface area (Å²) in [6, 6.07) is 0. The van der Waals surface area contributed by atoms with Gasteiger partial charge < -0.3 is 16.9 Å². The van der Waals surface area contributed by atoms with Crippen molar-refractivity contribution in [2.45, 2.75) is 20.3 Å². The number of nitrogens with zero attached hydrogens (tertiary/aromatic N) is 1. The van der Waals surface area contributed by atoms with Crippen molar-refractivity contribution < 1.29 is 36.5 Å². The fourth-order valence-electron chi connectivity index (χ4n) is 1.22. The summed E-state index contributed by atoms with van der Waals surface area (Å²) in [5.74, 6) is 1.07. The Morgan fingerprint density at radius 1 is 1.53 bits per heavy atom. The van der Waals surface area contributed by atoms with Crippen molar-refractivity contribution in [1.82, 2.24) is 4.90 Å². The molecule has 0 aromatic heterocycles. The van der Waals surface area contributed by atoms with Gasteiger partial charge in [-0.25, -0.2) is 0 Å². The molecule has 90 valence electrons. The number of rotatable bonds is 3. The van der Waals surface area contributed by atoms with Gasteiger partial charge in [-0.1, -0.05) is 0 Å². The van der Waals surface area contributed by atoms with Gasteiger partial charge in [-0.2, -0.15) is 0 Å². The molecule has 2 N–H and O–H groups in total. The first-order chi connectivity index (χ1) is 7.02. The van der Waals surface area contributed by atoms with Crippen LogP contribution in [0.1, 0.15) is 20.3 Å². The highest BCUT2D eigenvalue weighted by molar-refractivity contribution is 8.03. The molecule has 15 heavy (non-hydrogen) atoms. The lowest BCUT2D eigenvalue weighted by Gasteiger charge is -2.15. The molecule has 0 unspecified atom stereocenters. The van der Waals surface area contributed by atoms with Crippen LogP contribution in [-0.4, -0.2) is 32.5 Å². The van der Waals surface area contributed by atoms with Crippen molar-refractivity contribution >= 4 is 11.8 Å². The number of hydrogen-bond acceptors (Lipinski definition) is 6. The van der Waals surface area contributed by atoms with Crippen molar-refractivity contribution in [2.75, 3.05) is 19.0 Å². The van der Waals surface area contributed by atoms with E-state index in [1.165, 1.54) is 10.6 Å². The molecular formula is C8H16INO4S. The highest BCUT2D eigenvalue weighted by Gasteiger charge is 2.16. The Hall–Kier alpha value is 0.460. The Morgan fingerprint density at radius 3 is 2.40 bits per heavy atom. The topological polar surface area (TPSA) is 89.8 Å². The molecule has 1 heterocycles. The maximum absolute atomic E-state index is 8.74. The molecule has 0 bridgehead atoms. The van der Waals surface area contributed by atoms with Crippen LogP contribution in [-0.2, 0) is 0 Å². The summed E-state index contributed by atoms with van der Waals surface area (Å²) in [5, 5.41) is 8.74. The quantitative estimate of drug-likeness (QED) is 0.501. The van der Waals surface area contributed by atoms with E-state index < -0.39 is 21.1 Å². The Bertz CT molecular complexity index is 210. The lowest BCUT2D eigenvalue weighted by Crippen LogP contribution is -3.98. The van der Waals surface area contributed by atoms with Gasteiger partial charge in [0.2, 0.25) is 0 Å². The van der Waals surface area contributed by atoms with Crippen molar-refractivity contribution in [1.29, 1.82) is 0 Å². The van der Waals surface area contributed by atoms with Crippen molar-refractivity contribution in [3.63, 3.8) is 0 Å². The van der Waals surface area contributed by atoms with Crippen LogP contribution in [0.2, 0.25) is 0 Å². The van der Waals surface area contributed by atoms with Crippen LogP contribution in [0.3, 0.4) is 0 Å². The van der Waals surface area contributed by atoms with E-state index in [1.54, 1.807) is 0 Å². The molecule has 0 aromatic rings. The van der Waals surface area contributed by atoms with E-state index in [9.17, 15) is 0 Å². The highest BCUT2D eigenvalue weighted by atomic mass is 127. The predicted molar refractivity (Wildman–Crippen MR) is 51.5 cm³/mol. The van der Waals surface area contributed by atoms with Crippen molar-refractivity contribution in [2.24, 2.45) is 0 Å². The number of aliphatic hydroxyl groups excluding tert-OH is 1. The molecule has 0 fully saturated rings. The zero-order valence-electron chi connectivity index (χ0n) is 8.77. The molecule has 5 nitrogen and oxygen atoms in total. The lowest BCUT2D eigenvalue weighted by atomic mass is 10.3. The number of halogens is 1. The third-order valence-corrected chi connectivity index (χ3v) is 3.28. The minimum Gasteiger partial charge on any atom is -0.396 e. The number of allylic oxidation sites excluding steroid dienone is 1. The Labute approximate surface area is 103 Å². The molecule has 1 aliphatic heterocycles. The zero-order valence-corrected chi connectivity index (χ0v) is 11.7. The summed E-state index contributed by atoms with van der Waals surface area (Å²) in [5.41, 5.74) is 1.35. The molecule has 1 aliphatic rings. The molecule has 0 amide bonds. The molecule has 0 aliphatic carbocycles. The molecule has 0 saturated heterocycles. The van der Waals surface area contributed by atoms with E-state index >= 15 is 0 Å². The second kappa shape index (κ2) is 8.59. The van der Waals surface area contributed by atoms with Crippen LogP contribution in [0.25, 0.3) is 0 Å². The van der Waals surface area contributed by atoms with E-state index in [4.69, 9.17) is 15.4 Å². The van der Waals surface area contributed by atoms with Crippen LogP contribution < -0.4 is 27.9 Å². The average Bonchev–Trinajstić information content (AvgIpc) is 2.48. The minimum atomic E-state index is -3.76. The van der Waals surface area contributed by atoms with Crippen molar-refractivity contribution in [3.8, 4) is 0 Å². The van der Waals surface area contributed by atoms with Gasteiger partial charge in [0, 0.05) is 30.2 Å². The maximum atomic E-state index is 8.74. The fourth-order valence-corrected chi connectivity index (χ4v) is 2.48. The smallest absolute Gasteiger partial charge is 0.396 e. The molecule has 0 atom stereocenters. The second-order valence-electron chi connectivity index (χ2n) is 2.81. The van der Waals surface area contributed by atoms with Gasteiger partial charge >= 0.3 is 21.1 Å². The van der Waals surface area contributed by atoms with Crippen LogP contribution >= 0.6 is 11.8 Å². The van der Waals surface area contributed by atoms with Crippen molar-refractivity contribution in [3.05, 3.63) is 10.6 Å². The normalized spacial score (nSPS) is 15.8. The second-order valence-corrected chi connectivity index (χ2v) is 5.00. The molecule has 0 aromatic carbocycles. The van der Waals surface area contributed by atoms with Gasteiger partial charge in [-0.05, 0) is 17.3 Å². The molecular weight excluding hydrogens is 333 g/mol. The Balaban J connectivity index is 0.000000423. The number of aliphatic hydroxyl groups is 1. The summed E-state index contributed by atoms with van der Waals surface area (Å²) in [4.78, 5) is 3.68. The summed E-state index contributed by atoms with van der Waals surface area (Å²) in [6.45, 7) is 5.64. The summed E-state index contributed by atoms with van der Waals surface area (Å²) in [7, 11) is 0. The largest absolute Gasteiger partial charge is 0.503 e.